The zero-order valence-electron chi connectivity index (χ0n) is 14.1. The van der Waals surface area contributed by atoms with E-state index in [9.17, 15) is 13.2 Å². The number of carbonyl (C=O) groups excluding carboxylic acids is 1. The van der Waals surface area contributed by atoms with Gasteiger partial charge in [0.15, 0.2) is 15.6 Å². The number of nitrogens with zero attached hydrogens (tertiary/aromatic N) is 2. The lowest BCUT2D eigenvalue weighted by Crippen LogP contribution is -2.35. The van der Waals surface area contributed by atoms with Gasteiger partial charge in [-0.3, -0.25) is 10.1 Å². The van der Waals surface area contributed by atoms with Crippen molar-refractivity contribution in [3.8, 4) is 0 Å². The number of rotatable bonds is 4. The largest absolute Gasteiger partial charge is 0.444 e. The van der Waals surface area contributed by atoms with E-state index in [1.54, 1.807) is 30.3 Å². The Labute approximate surface area is 168 Å². The van der Waals surface area contributed by atoms with Crippen molar-refractivity contribution in [2.75, 3.05) is 18.4 Å². The van der Waals surface area contributed by atoms with Gasteiger partial charge in [0.2, 0.25) is 10.0 Å². The Balaban J connectivity index is 1.59. The van der Waals surface area contributed by atoms with E-state index in [4.69, 9.17) is 4.42 Å². The summed E-state index contributed by atoms with van der Waals surface area (Å²) in [6, 6.07) is 8.04. The maximum Gasteiger partial charge on any atom is 0.293 e. The molecule has 1 aliphatic heterocycles. The minimum atomic E-state index is -3.50. The van der Waals surface area contributed by atoms with E-state index in [1.807, 2.05) is 0 Å². The Morgan fingerprint density at radius 1 is 1.19 bits per heavy atom. The van der Waals surface area contributed by atoms with Crippen LogP contribution in [0.1, 0.15) is 29.8 Å². The molecular formula is C17H16BrN3O4S2. The number of amides is 1. The molecule has 10 heteroatoms. The van der Waals surface area contributed by atoms with Crippen LogP contribution in [-0.2, 0) is 10.0 Å². The minimum absolute atomic E-state index is 0.162. The van der Waals surface area contributed by atoms with Crippen LogP contribution in [0, 0.1) is 0 Å². The van der Waals surface area contributed by atoms with Gasteiger partial charge in [0.25, 0.3) is 5.91 Å². The summed E-state index contributed by atoms with van der Waals surface area (Å²) in [4.78, 5) is 16.8. The van der Waals surface area contributed by atoms with Crippen LogP contribution in [0.15, 0.2) is 44.3 Å². The average Bonchev–Trinajstić information content (AvgIpc) is 3.27. The molecule has 1 aliphatic rings. The predicted octanol–water partition coefficient (Wildman–Crippen LogP) is 4.08. The molecule has 1 aromatic carbocycles. The lowest BCUT2D eigenvalue weighted by Gasteiger charge is -2.25. The van der Waals surface area contributed by atoms with Gasteiger partial charge in [0.1, 0.15) is 0 Å². The fraction of sp³-hybridized carbons (Fsp3) is 0.294. The molecule has 27 heavy (non-hydrogen) atoms. The molecule has 0 saturated carbocycles. The van der Waals surface area contributed by atoms with Crippen molar-refractivity contribution >= 4 is 58.5 Å². The van der Waals surface area contributed by atoms with Crippen molar-refractivity contribution in [3.63, 3.8) is 0 Å². The van der Waals surface area contributed by atoms with Crippen molar-refractivity contribution < 1.29 is 17.6 Å². The van der Waals surface area contributed by atoms with Crippen LogP contribution in [0.4, 0.5) is 5.13 Å². The highest BCUT2D eigenvalue weighted by atomic mass is 79.9. The van der Waals surface area contributed by atoms with Crippen molar-refractivity contribution in [2.45, 2.75) is 24.2 Å². The monoisotopic (exact) mass is 469 g/mol. The zero-order valence-corrected chi connectivity index (χ0v) is 17.4. The SMILES string of the molecule is O=C(Nc1nc2ccc(S(=O)(=O)N3CCCCC3)cc2s1)c1ccc(Br)o1. The molecule has 0 spiro atoms. The Hall–Kier alpha value is -1.75. The first kappa shape index (κ1) is 18.6. The summed E-state index contributed by atoms with van der Waals surface area (Å²) in [5.41, 5.74) is 0.633. The van der Waals surface area contributed by atoms with Crippen LogP contribution in [0.2, 0.25) is 0 Å². The standard InChI is InChI=1S/C17H16BrN3O4S2/c18-15-7-6-13(25-15)16(22)20-17-19-12-5-4-11(10-14(12)26-17)27(23,24)21-8-2-1-3-9-21/h4-7,10H,1-3,8-9H2,(H,19,20,22). The molecule has 1 N–H and O–H groups in total. The highest BCUT2D eigenvalue weighted by Crippen LogP contribution is 2.30. The number of fused-ring (bicyclic) bond motifs is 1. The fourth-order valence-corrected chi connectivity index (χ4v) is 5.79. The highest BCUT2D eigenvalue weighted by molar-refractivity contribution is 9.10. The number of carbonyl (C=O) groups is 1. The van der Waals surface area contributed by atoms with Gasteiger partial charge in [0.05, 0.1) is 15.1 Å². The summed E-state index contributed by atoms with van der Waals surface area (Å²) in [6.07, 6.45) is 2.84. The predicted molar refractivity (Wildman–Crippen MR) is 107 cm³/mol. The molecule has 3 heterocycles. The van der Waals surface area contributed by atoms with E-state index >= 15 is 0 Å². The summed E-state index contributed by atoms with van der Waals surface area (Å²) >= 11 is 4.38. The van der Waals surface area contributed by atoms with E-state index in [1.165, 1.54) is 15.6 Å². The summed E-state index contributed by atoms with van der Waals surface area (Å²) < 4.78 is 33.6. The normalized spacial score (nSPS) is 15.9. The van der Waals surface area contributed by atoms with Crippen LogP contribution >= 0.6 is 27.3 Å². The smallest absolute Gasteiger partial charge is 0.293 e. The van der Waals surface area contributed by atoms with Crippen molar-refractivity contribution in [1.29, 1.82) is 0 Å². The first-order valence-corrected chi connectivity index (χ1v) is 11.5. The summed E-state index contributed by atoms with van der Waals surface area (Å²) in [6.45, 7) is 1.12. The molecular weight excluding hydrogens is 454 g/mol. The summed E-state index contributed by atoms with van der Waals surface area (Å²) in [5.74, 6) is -0.254. The van der Waals surface area contributed by atoms with Gasteiger partial charge in [-0.25, -0.2) is 13.4 Å². The van der Waals surface area contributed by atoms with Crippen LogP contribution in [-0.4, -0.2) is 36.7 Å². The maximum atomic E-state index is 12.8. The molecule has 1 saturated heterocycles. The first-order chi connectivity index (χ1) is 12.9. The molecule has 1 fully saturated rings. The number of benzene rings is 1. The third-order valence-electron chi connectivity index (χ3n) is 4.33. The van der Waals surface area contributed by atoms with Crippen molar-refractivity contribution in [1.82, 2.24) is 9.29 Å². The van der Waals surface area contributed by atoms with Gasteiger partial charge in [-0.2, -0.15) is 4.31 Å². The van der Waals surface area contributed by atoms with Gasteiger partial charge in [-0.05, 0) is 59.1 Å². The third kappa shape index (κ3) is 3.79. The number of sulfonamides is 1. The molecule has 0 atom stereocenters. The molecule has 4 rings (SSSR count). The van der Waals surface area contributed by atoms with Crippen molar-refractivity contribution in [3.05, 3.63) is 40.8 Å². The number of furan rings is 1. The number of aromatic nitrogens is 1. The van der Waals surface area contributed by atoms with Gasteiger partial charge >= 0.3 is 0 Å². The molecule has 0 bridgehead atoms. The van der Waals surface area contributed by atoms with Crippen LogP contribution in [0.25, 0.3) is 10.2 Å². The first-order valence-electron chi connectivity index (χ1n) is 8.41. The fourth-order valence-electron chi connectivity index (χ4n) is 2.97. The zero-order chi connectivity index (χ0) is 19.0. The molecule has 2 aromatic heterocycles. The lowest BCUT2D eigenvalue weighted by atomic mass is 10.2. The quantitative estimate of drug-likeness (QED) is 0.621. The van der Waals surface area contributed by atoms with Gasteiger partial charge in [-0.15, -0.1) is 0 Å². The maximum absolute atomic E-state index is 12.8. The number of nitrogens with one attached hydrogen (secondary N) is 1. The van der Waals surface area contributed by atoms with E-state index in [0.29, 0.717) is 33.1 Å². The molecule has 142 valence electrons. The third-order valence-corrected chi connectivity index (χ3v) is 7.58. The van der Waals surface area contributed by atoms with E-state index in [0.717, 1.165) is 19.3 Å². The second-order valence-corrected chi connectivity index (χ2v) is 9.92. The van der Waals surface area contributed by atoms with Crippen LogP contribution in [0.3, 0.4) is 0 Å². The molecule has 3 aromatic rings. The van der Waals surface area contributed by atoms with Gasteiger partial charge < -0.3 is 4.42 Å². The molecule has 7 nitrogen and oxygen atoms in total. The Morgan fingerprint density at radius 3 is 2.67 bits per heavy atom. The minimum Gasteiger partial charge on any atom is -0.444 e. The second kappa shape index (κ2) is 7.34. The van der Waals surface area contributed by atoms with E-state index < -0.39 is 15.9 Å². The molecule has 0 unspecified atom stereocenters. The number of piperidine rings is 1. The highest BCUT2D eigenvalue weighted by Gasteiger charge is 2.26. The number of anilines is 1. The van der Waals surface area contributed by atoms with Gasteiger partial charge in [0, 0.05) is 13.1 Å². The second-order valence-electron chi connectivity index (χ2n) is 6.17. The Morgan fingerprint density at radius 2 is 1.96 bits per heavy atom. The lowest BCUT2D eigenvalue weighted by molar-refractivity contribution is 0.0995. The molecule has 1 amide bonds. The average molecular weight is 470 g/mol. The summed E-state index contributed by atoms with van der Waals surface area (Å²) in [7, 11) is -3.50. The number of thiazole rings is 1. The van der Waals surface area contributed by atoms with E-state index in [2.05, 4.69) is 26.2 Å². The van der Waals surface area contributed by atoms with E-state index in [-0.39, 0.29) is 10.7 Å². The Bertz CT molecular complexity index is 1100. The van der Waals surface area contributed by atoms with Crippen LogP contribution in [0.5, 0.6) is 0 Å². The number of hydrogen-bond acceptors (Lipinski definition) is 6. The molecule has 0 aliphatic carbocycles. The Kier molecular flexibility index (Phi) is 5.06. The topological polar surface area (TPSA) is 92.5 Å². The van der Waals surface area contributed by atoms with Crippen LogP contribution < -0.4 is 5.32 Å². The molecule has 0 radical (unpaired) electrons. The summed E-state index contributed by atoms with van der Waals surface area (Å²) in [5, 5.41) is 3.06. The number of hydrogen-bond donors (Lipinski definition) is 1. The van der Waals surface area contributed by atoms with Gasteiger partial charge in [-0.1, -0.05) is 17.8 Å². The number of halogens is 1. The van der Waals surface area contributed by atoms with Crippen molar-refractivity contribution in [2.24, 2.45) is 0 Å².